The van der Waals surface area contributed by atoms with Gasteiger partial charge in [-0.15, -0.1) is 0 Å². The predicted octanol–water partition coefficient (Wildman–Crippen LogP) is 6.21. The molecule has 2 aliphatic carbocycles. The maximum absolute atomic E-state index is 3.84. The van der Waals surface area contributed by atoms with Gasteiger partial charge in [-0.25, -0.2) is 0 Å². The third-order valence-electron chi connectivity index (χ3n) is 6.69. The fraction of sp³-hybridized carbons (Fsp3) is 0.333. The molecular formula is C27H30N2. The number of aromatic nitrogens is 1. The molecule has 1 aromatic heterocycles. The van der Waals surface area contributed by atoms with E-state index in [0.29, 0.717) is 17.9 Å². The van der Waals surface area contributed by atoms with Crippen LogP contribution in [0.15, 0.2) is 60.7 Å². The summed E-state index contributed by atoms with van der Waals surface area (Å²) in [6.45, 7) is 6.88. The van der Waals surface area contributed by atoms with Crippen molar-refractivity contribution in [2.75, 3.05) is 5.32 Å². The number of aryl methyl sites for hydroxylation is 1. The molecule has 0 amide bonds. The summed E-state index contributed by atoms with van der Waals surface area (Å²) >= 11 is 0. The average Bonchev–Trinajstić information content (AvgIpc) is 3.03. The van der Waals surface area contributed by atoms with E-state index >= 15 is 0 Å². The van der Waals surface area contributed by atoms with Crippen molar-refractivity contribution in [1.29, 1.82) is 0 Å². The molecule has 0 spiro atoms. The van der Waals surface area contributed by atoms with Gasteiger partial charge in [0.2, 0.25) is 0 Å². The second kappa shape index (κ2) is 7.26. The Labute approximate surface area is 174 Å². The molecule has 0 bridgehead atoms. The highest BCUT2D eigenvalue weighted by molar-refractivity contribution is 5.63. The molecule has 0 aliphatic heterocycles. The van der Waals surface area contributed by atoms with Gasteiger partial charge < -0.3 is 9.88 Å². The molecule has 0 radical (unpaired) electrons. The van der Waals surface area contributed by atoms with E-state index in [-0.39, 0.29) is 0 Å². The lowest BCUT2D eigenvalue weighted by Crippen LogP contribution is -2.35. The number of fused-ring (bicyclic) bond motifs is 3. The zero-order valence-corrected chi connectivity index (χ0v) is 17.7. The van der Waals surface area contributed by atoms with Crippen LogP contribution in [0.2, 0.25) is 0 Å². The van der Waals surface area contributed by atoms with E-state index in [9.17, 15) is 0 Å². The molecule has 0 saturated heterocycles. The van der Waals surface area contributed by atoms with Crippen LogP contribution in [0.4, 0.5) is 5.69 Å². The van der Waals surface area contributed by atoms with Crippen molar-refractivity contribution in [3.63, 3.8) is 0 Å². The number of para-hydroxylation sites is 1. The summed E-state index contributed by atoms with van der Waals surface area (Å²) in [6.07, 6.45) is 8.11. The molecule has 148 valence electrons. The van der Waals surface area contributed by atoms with Crippen molar-refractivity contribution in [1.82, 2.24) is 4.57 Å². The molecule has 0 saturated carbocycles. The van der Waals surface area contributed by atoms with Gasteiger partial charge in [-0.1, -0.05) is 55.8 Å². The summed E-state index contributed by atoms with van der Waals surface area (Å²) in [5.41, 5.74) is 9.92. The molecule has 3 unspecified atom stereocenters. The molecule has 2 heteroatoms. The van der Waals surface area contributed by atoms with Gasteiger partial charge in [0.25, 0.3) is 0 Å². The van der Waals surface area contributed by atoms with Gasteiger partial charge in [-0.05, 0) is 79.5 Å². The molecule has 2 aromatic carbocycles. The fourth-order valence-electron chi connectivity index (χ4n) is 5.05. The lowest BCUT2D eigenvalue weighted by molar-refractivity contribution is 0.441. The topological polar surface area (TPSA) is 17.0 Å². The monoisotopic (exact) mass is 382 g/mol. The standard InChI is InChI=1S/C27H30N2/c1-18-9-12-21(13-10-18)28-25-17-24-23-15-19(2)11-14-26(23)29(27(24)16-20(25)3)22-7-5-4-6-8-22/h4-14,19-20,25,28H,15-17H2,1-3H3. The number of rotatable bonds is 3. The van der Waals surface area contributed by atoms with E-state index in [0.717, 1.165) is 19.3 Å². The van der Waals surface area contributed by atoms with Crippen LogP contribution in [0, 0.1) is 18.8 Å². The first-order chi connectivity index (χ1) is 14.1. The molecule has 2 nitrogen and oxygen atoms in total. The Kier molecular flexibility index (Phi) is 4.58. The van der Waals surface area contributed by atoms with E-state index in [1.165, 1.54) is 28.3 Å². The number of benzene rings is 2. The Bertz CT molecular complexity index is 1040. The Hall–Kier alpha value is -2.74. The zero-order valence-electron chi connectivity index (χ0n) is 17.7. The Morgan fingerprint density at radius 2 is 1.62 bits per heavy atom. The molecule has 3 atom stereocenters. The Morgan fingerprint density at radius 3 is 2.38 bits per heavy atom. The smallest absolute Gasteiger partial charge is 0.0491 e. The highest BCUT2D eigenvalue weighted by atomic mass is 15.0. The summed E-state index contributed by atoms with van der Waals surface area (Å²) in [5.74, 6) is 1.20. The van der Waals surface area contributed by atoms with Gasteiger partial charge in [0.1, 0.15) is 0 Å². The van der Waals surface area contributed by atoms with E-state index in [1.54, 1.807) is 11.1 Å². The van der Waals surface area contributed by atoms with E-state index in [1.807, 2.05) is 0 Å². The van der Waals surface area contributed by atoms with Crippen LogP contribution < -0.4 is 5.32 Å². The molecule has 5 rings (SSSR count). The average molecular weight is 383 g/mol. The number of anilines is 1. The Morgan fingerprint density at radius 1 is 0.862 bits per heavy atom. The van der Waals surface area contributed by atoms with Crippen LogP contribution in [0.1, 0.15) is 41.9 Å². The first kappa shape index (κ1) is 18.3. The quantitative estimate of drug-likeness (QED) is 0.570. The molecule has 3 aromatic rings. The number of hydrogen-bond donors (Lipinski definition) is 1. The third-order valence-corrected chi connectivity index (χ3v) is 6.69. The van der Waals surface area contributed by atoms with E-state index in [2.05, 4.69) is 97.4 Å². The van der Waals surface area contributed by atoms with Crippen LogP contribution in [0.3, 0.4) is 0 Å². The summed E-state index contributed by atoms with van der Waals surface area (Å²) in [6, 6.07) is 20.2. The minimum absolute atomic E-state index is 0.474. The summed E-state index contributed by atoms with van der Waals surface area (Å²) < 4.78 is 2.53. The summed E-state index contributed by atoms with van der Waals surface area (Å²) in [7, 11) is 0. The maximum atomic E-state index is 3.84. The van der Waals surface area contributed by atoms with Gasteiger partial charge >= 0.3 is 0 Å². The van der Waals surface area contributed by atoms with Crippen LogP contribution in [0.25, 0.3) is 11.8 Å². The SMILES string of the molecule is Cc1ccc(NC2Cc3c4c(n(-c5ccccc5)c3CC2C)C=CC(C)C4)cc1. The molecule has 1 heterocycles. The molecule has 2 aliphatic rings. The molecule has 1 N–H and O–H groups in total. The number of nitrogens with zero attached hydrogens (tertiary/aromatic N) is 1. The van der Waals surface area contributed by atoms with E-state index in [4.69, 9.17) is 0 Å². The predicted molar refractivity (Wildman–Crippen MR) is 123 cm³/mol. The van der Waals surface area contributed by atoms with E-state index < -0.39 is 0 Å². The second-order valence-electron chi connectivity index (χ2n) is 9.00. The Balaban J connectivity index is 1.56. The maximum Gasteiger partial charge on any atom is 0.0491 e. The lowest BCUT2D eigenvalue weighted by Gasteiger charge is -2.32. The minimum atomic E-state index is 0.474. The summed E-state index contributed by atoms with van der Waals surface area (Å²) in [4.78, 5) is 0. The third kappa shape index (κ3) is 3.31. The molecular weight excluding hydrogens is 352 g/mol. The highest BCUT2D eigenvalue weighted by Crippen LogP contribution is 2.39. The van der Waals surface area contributed by atoms with Gasteiger partial charge in [-0.3, -0.25) is 0 Å². The summed E-state index contributed by atoms with van der Waals surface area (Å²) in [5, 5.41) is 3.84. The van der Waals surface area contributed by atoms with Gasteiger partial charge in [0.15, 0.2) is 0 Å². The van der Waals surface area contributed by atoms with Crippen molar-refractivity contribution < 1.29 is 0 Å². The van der Waals surface area contributed by atoms with Crippen molar-refractivity contribution in [3.05, 3.63) is 88.8 Å². The van der Waals surface area contributed by atoms with Crippen molar-refractivity contribution in [2.24, 2.45) is 11.8 Å². The van der Waals surface area contributed by atoms with Crippen molar-refractivity contribution >= 4 is 11.8 Å². The van der Waals surface area contributed by atoms with Crippen LogP contribution >= 0.6 is 0 Å². The van der Waals surface area contributed by atoms with Gasteiger partial charge in [0, 0.05) is 28.8 Å². The highest BCUT2D eigenvalue weighted by Gasteiger charge is 2.33. The van der Waals surface area contributed by atoms with Gasteiger partial charge in [-0.2, -0.15) is 0 Å². The van der Waals surface area contributed by atoms with Crippen LogP contribution in [-0.2, 0) is 19.3 Å². The second-order valence-corrected chi connectivity index (χ2v) is 9.00. The minimum Gasteiger partial charge on any atom is -0.382 e. The zero-order chi connectivity index (χ0) is 20.0. The normalized spacial score (nSPS) is 22.8. The molecule has 29 heavy (non-hydrogen) atoms. The lowest BCUT2D eigenvalue weighted by atomic mass is 9.81. The number of nitrogens with one attached hydrogen (secondary N) is 1. The fourth-order valence-corrected chi connectivity index (χ4v) is 5.05. The largest absolute Gasteiger partial charge is 0.382 e. The van der Waals surface area contributed by atoms with Crippen molar-refractivity contribution in [3.8, 4) is 5.69 Å². The first-order valence-electron chi connectivity index (χ1n) is 10.9. The first-order valence-corrected chi connectivity index (χ1v) is 10.9. The van der Waals surface area contributed by atoms with Crippen LogP contribution in [0.5, 0.6) is 0 Å². The van der Waals surface area contributed by atoms with Gasteiger partial charge in [0.05, 0.1) is 0 Å². The van der Waals surface area contributed by atoms with Crippen LogP contribution in [-0.4, -0.2) is 10.6 Å². The molecule has 0 fully saturated rings. The van der Waals surface area contributed by atoms with Crippen molar-refractivity contribution in [2.45, 2.75) is 46.1 Å². The number of allylic oxidation sites excluding steroid dienone is 1. The number of hydrogen-bond acceptors (Lipinski definition) is 1.